The first-order chi connectivity index (χ1) is 8.15. The first-order valence-electron chi connectivity index (χ1n) is 4.85. The number of rotatable bonds is 4. The molecule has 4 nitrogen and oxygen atoms in total. The number of thiophene rings is 1. The highest BCUT2D eigenvalue weighted by atomic mass is 32.1. The zero-order valence-electron chi connectivity index (χ0n) is 8.72. The molecule has 0 saturated carbocycles. The van der Waals surface area contributed by atoms with Crippen molar-refractivity contribution in [2.24, 2.45) is 0 Å². The zero-order chi connectivity index (χ0) is 12.3. The summed E-state index contributed by atoms with van der Waals surface area (Å²) in [4.78, 5) is 9.94. The van der Waals surface area contributed by atoms with Crippen LogP contribution >= 0.6 is 11.3 Å². The molecule has 1 aromatic carbocycles. The first kappa shape index (κ1) is 11.5. The third kappa shape index (κ3) is 3.01. The van der Waals surface area contributed by atoms with Crippen molar-refractivity contribution in [1.82, 2.24) is 0 Å². The van der Waals surface area contributed by atoms with Crippen LogP contribution in [0, 0.1) is 15.9 Å². The van der Waals surface area contributed by atoms with Crippen molar-refractivity contribution >= 4 is 22.7 Å². The Kier molecular flexibility index (Phi) is 3.34. The molecule has 0 unspecified atom stereocenters. The Morgan fingerprint density at radius 3 is 2.88 bits per heavy atom. The summed E-state index contributed by atoms with van der Waals surface area (Å²) in [7, 11) is 0. The van der Waals surface area contributed by atoms with Crippen molar-refractivity contribution in [3.05, 3.63) is 56.5 Å². The summed E-state index contributed by atoms with van der Waals surface area (Å²) >= 11 is 1.56. The molecule has 1 N–H and O–H groups in total. The Labute approximate surface area is 101 Å². The van der Waals surface area contributed by atoms with Crippen molar-refractivity contribution in [1.29, 1.82) is 0 Å². The molecule has 1 aromatic heterocycles. The summed E-state index contributed by atoms with van der Waals surface area (Å²) in [5, 5.41) is 17.4. The highest BCUT2D eigenvalue weighted by Crippen LogP contribution is 2.20. The molecule has 0 aliphatic carbocycles. The van der Waals surface area contributed by atoms with Gasteiger partial charge in [-0.3, -0.25) is 10.1 Å². The van der Waals surface area contributed by atoms with E-state index in [9.17, 15) is 14.5 Å². The second kappa shape index (κ2) is 4.92. The predicted molar refractivity (Wildman–Crippen MR) is 64.7 cm³/mol. The lowest BCUT2D eigenvalue weighted by atomic mass is 10.2. The predicted octanol–water partition coefficient (Wildman–Crippen LogP) is 3.41. The number of halogens is 1. The van der Waals surface area contributed by atoms with Gasteiger partial charge in [-0.1, -0.05) is 0 Å². The van der Waals surface area contributed by atoms with Crippen molar-refractivity contribution in [3.8, 4) is 0 Å². The number of nitrogens with one attached hydrogen (secondary N) is 1. The van der Waals surface area contributed by atoms with Crippen LogP contribution in [0.5, 0.6) is 0 Å². The van der Waals surface area contributed by atoms with Gasteiger partial charge in [-0.05, 0) is 28.5 Å². The topological polar surface area (TPSA) is 55.2 Å². The maximum atomic E-state index is 13.1. The summed E-state index contributed by atoms with van der Waals surface area (Å²) < 4.78 is 13.1. The summed E-state index contributed by atoms with van der Waals surface area (Å²) in [6.07, 6.45) is 0. The van der Waals surface area contributed by atoms with Crippen molar-refractivity contribution < 1.29 is 9.31 Å². The molecule has 0 radical (unpaired) electrons. The number of nitro benzene ring substituents is 1. The van der Waals surface area contributed by atoms with E-state index in [-0.39, 0.29) is 5.69 Å². The van der Waals surface area contributed by atoms with Crippen LogP contribution in [-0.4, -0.2) is 4.92 Å². The van der Waals surface area contributed by atoms with Crippen LogP contribution in [0.15, 0.2) is 35.0 Å². The third-order valence-electron chi connectivity index (χ3n) is 2.17. The minimum Gasteiger partial charge on any atom is -0.381 e. The van der Waals surface area contributed by atoms with E-state index < -0.39 is 10.7 Å². The van der Waals surface area contributed by atoms with E-state index in [1.807, 2.05) is 16.8 Å². The van der Waals surface area contributed by atoms with Crippen LogP contribution in [0.1, 0.15) is 5.56 Å². The van der Waals surface area contributed by atoms with E-state index in [0.717, 1.165) is 11.6 Å². The Morgan fingerprint density at radius 1 is 1.41 bits per heavy atom. The van der Waals surface area contributed by atoms with E-state index in [2.05, 4.69) is 5.32 Å². The first-order valence-corrected chi connectivity index (χ1v) is 5.79. The minimum atomic E-state index is -0.619. The summed E-state index contributed by atoms with van der Waals surface area (Å²) in [5.41, 5.74) is 1.21. The number of non-ortho nitro benzene ring substituents is 1. The number of nitrogens with zero attached hydrogens (tertiary/aromatic N) is 1. The molecule has 2 aromatic rings. The molecule has 0 bridgehead atoms. The summed E-state index contributed by atoms with van der Waals surface area (Å²) in [5.74, 6) is -0.619. The van der Waals surface area contributed by atoms with Gasteiger partial charge in [0.1, 0.15) is 5.82 Å². The zero-order valence-corrected chi connectivity index (χ0v) is 9.54. The van der Waals surface area contributed by atoms with E-state index in [1.54, 1.807) is 11.3 Å². The quantitative estimate of drug-likeness (QED) is 0.670. The maximum Gasteiger partial charge on any atom is 0.274 e. The van der Waals surface area contributed by atoms with Gasteiger partial charge in [0.05, 0.1) is 11.0 Å². The van der Waals surface area contributed by atoms with E-state index >= 15 is 0 Å². The van der Waals surface area contributed by atoms with E-state index in [4.69, 9.17) is 0 Å². The van der Waals surface area contributed by atoms with Gasteiger partial charge in [0.15, 0.2) is 0 Å². The third-order valence-corrected chi connectivity index (χ3v) is 2.90. The molecule has 0 spiro atoms. The number of hydrogen-bond donors (Lipinski definition) is 1. The fraction of sp³-hybridized carbons (Fsp3) is 0.0909. The maximum absolute atomic E-state index is 13.1. The molecular weight excluding hydrogens is 243 g/mol. The van der Waals surface area contributed by atoms with Gasteiger partial charge in [0.25, 0.3) is 5.69 Å². The molecule has 17 heavy (non-hydrogen) atoms. The van der Waals surface area contributed by atoms with Gasteiger partial charge in [-0.2, -0.15) is 11.3 Å². The van der Waals surface area contributed by atoms with Crippen LogP contribution < -0.4 is 5.32 Å². The Bertz CT molecular complexity index is 528. The lowest BCUT2D eigenvalue weighted by Crippen LogP contribution is -1.99. The van der Waals surface area contributed by atoms with Crippen LogP contribution in [0.25, 0.3) is 0 Å². The van der Waals surface area contributed by atoms with E-state index in [1.165, 1.54) is 12.1 Å². The monoisotopic (exact) mass is 252 g/mol. The molecule has 1 heterocycles. The standard InChI is InChI=1S/C11H9FN2O2S/c12-9-3-10(5-11(4-9)14(15)16)13-6-8-1-2-17-7-8/h1-5,7,13H,6H2. The number of anilines is 1. The van der Waals surface area contributed by atoms with Gasteiger partial charge < -0.3 is 5.32 Å². The van der Waals surface area contributed by atoms with Crippen LogP contribution in [0.2, 0.25) is 0 Å². The highest BCUT2D eigenvalue weighted by Gasteiger charge is 2.09. The second-order valence-corrected chi connectivity index (χ2v) is 4.22. The summed E-state index contributed by atoms with van der Waals surface area (Å²) in [6.45, 7) is 0.518. The highest BCUT2D eigenvalue weighted by molar-refractivity contribution is 7.07. The molecule has 88 valence electrons. The normalized spacial score (nSPS) is 10.2. The fourth-order valence-electron chi connectivity index (χ4n) is 1.38. The minimum absolute atomic E-state index is 0.252. The largest absolute Gasteiger partial charge is 0.381 e. The molecule has 6 heteroatoms. The molecule has 2 rings (SSSR count). The molecular formula is C11H9FN2O2S. The number of benzene rings is 1. The Balaban J connectivity index is 2.13. The van der Waals surface area contributed by atoms with Crippen molar-refractivity contribution in [3.63, 3.8) is 0 Å². The smallest absolute Gasteiger partial charge is 0.274 e. The van der Waals surface area contributed by atoms with Gasteiger partial charge in [0, 0.05) is 18.3 Å². The Hall–Kier alpha value is -1.95. The number of nitro groups is 1. The lowest BCUT2D eigenvalue weighted by Gasteiger charge is -2.05. The molecule has 0 fully saturated rings. The molecule has 0 amide bonds. The van der Waals surface area contributed by atoms with Gasteiger partial charge >= 0.3 is 0 Å². The fourth-order valence-corrected chi connectivity index (χ4v) is 2.05. The van der Waals surface area contributed by atoms with E-state index in [0.29, 0.717) is 12.2 Å². The SMILES string of the molecule is O=[N+]([O-])c1cc(F)cc(NCc2ccsc2)c1. The second-order valence-electron chi connectivity index (χ2n) is 3.44. The van der Waals surface area contributed by atoms with Crippen LogP contribution in [-0.2, 0) is 6.54 Å². The average molecular weight is 252 g/mol. The molecule has 0 atom stereocenters. The van der Waals surface area contributed by atoms with Crippen molar-refractivity contribution in [2.75, 3.05) is 5.32 Å². The lowest BCUT2D eigenvalue weighted by molar-refractivity contribution is -0.385. The molecule has 0 saturated heterocycles. The summed E-state index contributed by atoms with van der Waals surface area (Å²) in [6, 6.07) is 5.38. The van der Waals surface area contributed by atoms with Crippen LogP contribution in [0.4, 0.5) is 15.8 Å². The van der Waals surface area contributed by atoms with Crippen LogP contribution in [0.3, 0.4) is 0 Å². The molecule has 0 aliphatic heterocycles. The number of hydrogen-bond acceptors (Lipinski definition) is 4. The van der Waals surface area contributed by atoms with Gasteiger partial charge in [-0.15, -0.1) is 0 Å². The van der Waals surface area contributed by atoms with Gasteiger partial charge in [0.2, 0.25) is 0 Å². The molecule has 0 aliphatic rings. The van der Waals surface area contributed by atoms with Crippen molar-refractivity contribution in [2.45, 2.75) is 6.54 Å². The average Bonchev–Trinajstić information content (AvgIpc) is 2.78. The Morgan fingerprint density at radius 2 is 2.24 bits per heavy atom. The van der Waals surface area contributed by atoms with Gasteiger partial charge in [-0.25, -0.2) is 4.39 Å².